The number of nitrogens with zero attached hydrogens (tertiary/aromatic N) is 2. The van der Waals surface area contributed by atoms with Gasteiger partial charge in [0.05, 0.1) is 18.1 Å². The quantitative estimate of drug-likeness (QED) is 0.769. The molecule has 1 aliphatic carbocycles. The van der Waals surface area contributed by atoms with E-state index in [0.717, 1.165) is 31.8 Å². The van der Waals surface area contributed by atoms with Crippen molar-refractivity contribution in [2.24, 2.45) is 16.9 Å². The van der Waals surface area contributed by atoms with Gasteiger partial charge in [0.2, 0.25) is 11.8 Å². The van der Waals surface area contributed by atoms with Crippen molar-refractivity contribution in [3.8, 4) is 0 Å². The molecule has 0 bridgehead atoms. The van der Waals surface area contributed by atoms with E-state index in [1.165, 1.54) is 19.3 Å². The van der Waals surface area contributed by atoms with Gasteiger partial charge in [0.1, 0.15) is 0 Å². The van der Waals surface area contributed by atoms with Crippen LogP contribution in [-0.2, 0) is 9.59 Å². The Labute approximate surface area is 149 Å². The summed E-state index contributed by atoms with van der Waals surface area (Å²) in [4.78, 5) is 26.9. The summed E-state index contributed by atoms with van der Waals surface area (Å²) in [6, 6.07) is 0.168. The monoisotopic (exact) mass is 344 g/mol. The van der Waals surface area contributed by atoms with E-state index in [1.807, 2.05) is 24.3 Å². The second-order valence-corrected chi connectivity index (χ2v) is 7.11. The molecule has 2 aliphatic heterocycles. The fourth-order valence-corrected chi connectivity index (χ4v) is 3.78. The lowest BCUT2D eigenvalue weighted by Crippen LogP contribution is -2.47. The van der Waals surface area contributed by atoms with Crippen LogP contribution in [0.4, 0.5) is 0 Å². The van der Waals surface area contributed by atoms with Gasteiger partial charge < -0.3 is 10.2 Å². The number of hydrazone groups is 1. The van der Waals surface area contributed by atoms with E-state index in [2.05, 4.69) is 27.7 Å². The Bertz CT molecular complexity index is 590. The minimum absolute atomic E-state index is 0.0135. The minimum Gasteiger partial charge on any atom is -0.352 e. The van der Waals surface area contributed by atoms with Crippen LogP contribution < -0.4 is 10.7 Å². The van der Waals surface area contributed by atoms with Crippen LogP contribution in [0.1, 0.15) is 39.0 Å². The normalized spacial score (nSPS) is 27.2. The van der Waals surface area contributed by atoms with Crippen molar-refractivity contribution in [2.45, 2.75) is 45.1 Å². The number of carbonyl (C=O) groups excluding carboxylic acids is 2. The van der Waals surface area contributed by atoms with E-state index in [4.69, 9.17) is 0 Å². The van der Waals surface area contributed by atoms with Crippen LogP contribution in [-0.4, -0.2) is 48.1 Å². The summed E-state index contributed by atoms with van der Waals surface area (Å²) in [7, 11) is 0. The summed E-state index contributed by atoms with van der Waals surface area (Å²) in [5.74, 6) is -0.473. The third-order valence-electron chi connectivity index (χ3n) is 5.26. The second-order valence-electron chi connectivity index (χ2n) is 7.11. The molecule has 3 atom stereocenters. The predicted octanol–water partition coefficient (Wildman–Crippen LogP) is 1.60. The molecule has 0 aromatic carbocycles. The molecule has 25 heavy (non-hydrogen) atoms. The zero-order valence-corrected chi connectivity index (χ0v) is 14.9. The summed E-state index contributed by atoms with van der Waals surface area (Å²) in [6.45, 7) is 5.29. The molecule has 0 aromatic heterocycles. The molecule has 6 heteroatoms. The smallest absolute Gasteiger partial charge is 0.247 e. The van der Waals surface area contributed by atoms with E-state index < -0.39 is 0 Å². The van der Waals surface area contributed by atoms with Gasteiger partial charge in [-0.05, 0) is 32.4 Å². The number of likely N-dealkylation sites (tertiary alicyclic amines) is 1. The number of fused-ring (bicyclic) bond motifs is 1. The van der Waals surface area contributed by atoms with E-state index in [0.29, 0.717) is 0 Å². The average molecular weight is 344 g/mol. The van der Waals surface area contributed by atoms with E-state index in [-0.39, 0.29) is 36.1 Å². The second kappa shape index (κ2) is 8.43. The van der Waals surface area contributed by atoms with E-state index in [1.54, 1.807) is 0 Å². The third kappa shape index (κ3) is 4.57. The lowest BCUT2D eigenvalue weighted by atomic mass is 9.82. The first-order valence-corrected chi connectivity index (χ1v) is 9.40. The number of amides is 2. The Morgan fingerprint density at radius 3 is 2.72 bits per heavy atom. The lowest BCUT2D eigenvalue weighted by molar-refractivity contribution is -0.125. The van der Waals surface area contributed by atoms with Gasteiger partial charge in [-0.2, -0.15) is 5.10 Å². The largest absolute Gasteiger partial charge is 0.352 e. The van der Waals surface area contributed by atoms with Gasteiger partial charge in [-0.1, -0.05) is 37.6 Å². The maximum atomic E-state index is 12.5. The lowest BCUT2D eigenvalue weighted by Gasteiger charge is -2.31. The highest BCUT2D eigenvalue weighted by Crippen LogP contribution is 2.25. The molecular formula is C19H28N4O2. The first-order valence-electron chi connectivity index (χ1n) is 9.40. The SMILES string of the molecule is CC[C@H](CN1CCCCC1)NC(=O)CC1=NNC(=O)[C@H]2C=CC=C[C@H]12. The zero-order valence-electron chi connectivity index (χ0n) is 14.9. The van der Waals surface area contributed by atoms with Crippen LogP contribution in [0.25, 0.3) is 0 Å². The van der Waals surface area contributed by atoms with Crippen LogP contribution >= 0.6 is 0 Å². The van der Waals surface area contributed by atoms with Gasteiger partial charge in [-0.25, -0.2) is 5.43 Å². The number of allylic oxidation sites excluding steroid dienone is 3. The number of hydrogen-bond donors (Lipinski definition) is 2. The molecule has 2 amide bonds. The highest BCUT2D eigenvalue weighted by molar-refractivity contribution is 6.07. The molecule has 0 unspecified atom stereocenters. The Morgan fingerprint density at radius 1 is 1.28 bits per heavy atom. The summed E-state index contributed by atoms with van der Waals surface area (Å²) in [5, 5.41) is 7.30. The Kier molecular flexibility index (Phi) is 6.02. The molecule has 0 aromatic rings. The van der Waals surface area contributed by atoms with Gasteiger partial charge in [0, 0.05) is 18.5 Å². The maximum absolute atomic E-state index is 12.5. The van der Waals surface area contributed by atoms with Crippen LogP contribution in [0.15, 0.2) is 29.4 Å². The highest BCUT2D eigenvalue weighted by Gasteiger charge is 2.34. The highest BCUT2D eigenvalue weighted by atomic mass is 16.2. The molecule has 1 saturated heterocycles. The number of rotatable bonds is 6. The molecular weight excluding hydrogens is 316 g/mol. The number of carbonyl (C=O) groups is 2. The van der Waals surface area contributed by atoms with Crippen LogP contribution in [0.2, 0.25) is 0 Å². The summed E-state index contributed by atoms with van der Waals surface area (Å²) >= 11 is 0. The molecule has 3 rings (SSSR count). The molecule has 2 heterocycles. The molecule has 0 radical (unpaired) electrons. The summed E-state index contributed by atoms with van der Waals surface area (Å²) in [6.07, 6.45) is 12.6. The van der Waals surface area contributed by atoms with Crippen molar-refractivity contribution in [3.63, 3.8) is 0 Å². The minimum atomic E-state index is -0.249. The van der Waals surface area contributed by atoms with Crippen molar-refractivity contribution in [2.75, 3.05) is 19.6 Å². The van der Waals surface area contributed by atoms with Gasteiger partial charge in [-0.15, -0.1) is 0 Å². The van der Waals surface area contributed by atoms with Crippen LogP contribution in [0.5, 0.6) is 0 Å². The summed E-state index contributed by atoms with van der Waals surface area (Å²) in [5.41, 5.74) is 3.28. The Balaban J connectivity index is 1.54. The van der Waals surface area contributed by atoms with Gasteiger partial charge in [0.25, 0.3) is 0 Å². The first-order chi connectivity index (χ1) is 12.2. The third-order valence-corrected chi connectivity index (χ3v) is 5.26. The molecule has 3 aliphatic rings. The molecule has 136 valence electrons. The molecule has 0 saturated carbocycles. The summed E-state index contributed by atoms with van der Waals surface area (Å²) < 4.78 is 0. The molecule has 6 nitrogen and oxygen atoms in total. The van der Waals surface area contributed by atoms with Gasteiger partial charge in [-0.3, -0.25) is 9.59 Å². The topological polar surface area (TPSA) is 73.8 Å². The molecule has 2 N–H and O–H groups in total. The van der Waals surface area contributed by atoms with Crippen molar-refractivity contribution < 1.29 is 9.59 Å². The predicted molar refractivity (Wildman–Crippen MR) is 98.0 cm³/mol. The van der Waals surface area contributed by atoms with Crippen molar-refractivity contribution in [3.05, 3.63) is 24.3 Å². The van der Waals surface area contributed by atoms with Crippen LogP contribution in [0.3, 0.4) is 0 Å². The molecule has 0 spiro atoms. The number of piperidine rings is 1. The standard InChI is InChI=1S/C19H28N4O2/c1-2-14(13-23-10-6-3-7-11-23)20-18(24)12-17-15-8-4-5-9-16(15)19(25)22-21-17/h4-5,8-9,14-16H,2-3,6-7,10-13H2,1H3,(H,20,24)(H,22,25)/t14-,15+,16+/m1/s1. The number of nitrogens with one attached hydrogen (secondary N) is 2. The average Bonchev–Trinajstić information content (AvgIpc) is 2.64. The zero-order chi connectivity index (χ0) is 17.6. The first kappa shape index (κ1) is 17.9. The van der Waals surface area contributed by atoms with Gasteiger partial charge in [0.15, 0.2) is 0 Å². The van der Waals surface area contributed by atoms with Crippen molar-refractivity contribution in [1.29, 1.82) is 0 Å². The van der Waals surface area contributed by atoms with E-state index >= 15 is 0 Å². The van der Waals surface area contributed by atoms with E-state index in [9.17, 15) is 9.59 Å². The Hall–Kier alpha value is -1.95. The van der Waals surface area contributed by atoms with Crippen LogP contribution in [0, 0.1) is 11.8 Å². The maximum Gasteiger partial charge on any atom is 0.247 e. The fraction of sp³-hybridized carbons (Fsp3) is 0.632. The Morgan fingerprint density at radius 2 is 2.00 bits per heavy atom. The van der Waals surface area contributed by atoms with Crippen molar-refractivity contribution in [1.82, 2.24) is 15.6 Å². The molecule has 1 fully saturated rings. The van der Waals surface area contributed by atoms with Gasteiger partial charge >= 0.3 is 0 Å². The van der Waals surface area contributed by atoms with Crippen molar-refractivity contribution >= 4 is 17.5 Å². The fourth-order valence-electron chi connectivity index (χ4n) is 3.78. The number of hydrogen-bond acceptors (Lipinski definition) is 4.